The molecule has 1 heterocycles. The lowest BCUT2D eigenvalue weighted by Gasteiger charge is -2.43. The number of carboxylic acid groups (broad SMARTS) is 1. The van der Waals surface area contributed by atoms with Crippen LogP contribution in [0.3, 0.4) is 0 Å². The summed E-state index contributed by atoms with van der Waals surface area (Å²) in [6.07, 6.45) is 10.8. The van der Waals surface area contributed by atoms with Gasteiger partial charge in [0.2, 0.25) is 0 Å². The zero-order valence-electron chi connectivity index (χ0n) is 13.2. The summed E-state index contributed by atoms with van der Waals surface area (Å²) in [5.41, 5.74) is 0.984. The van der Waals surface area contributed by atoms with Crippen LogP contribution >= 0.6 is 0 Å². The summed E-state index contributed by atoms with van der Waals surface area (Å²) in [4.78, 5) is 13.5. The molecular formula is C16H27N3O2. The summed E-state index contributed by atoms with van der Waals surface area (Å²) in [5.74, 6) is -0.689. The first kappa shape index (κ1) is 16.0. The van der Waals surface area contributed by atoms with Gasteiger partial charge in [-0.15, -0.1) is 0 Å². The van der Waals surface area contributed by atoms with Crippen molar-refractivity contribution >= 4 is 5.97 Å². The normalized spacial score (nSPS) is 18.0. The van der Waals surface area contributed by atoms with E-state index in [9.17, 15) is 9.90 Å². The van der Waals surface area contributed by atoms with Crippen molar-refractivity contribution in [3.05, 3.63) is 18.0 Å². The zero-order valence-corrected chi connectivity index (χ0v) is 13.2. The van der Waals surface area contributed by atoms with E-state index in [2.05, 4.69) is 30.2 Å². The molecule has 5 nitrogen and oxygen atoms in total. The number of aryl methyl sites for hydroxylation is 1. The van der Waals surface area contributed by atoms with Gasteiger partial charge in [0.1, 0.15) is 0 Å². The third-order valence-electron chi connectivity index (χ3n) is 4.63. The second-order valence-electron chi connectivity index (χ2n) is 6.32. The Hall–Kier alpha value is -1.36. The molecule has 0 saturated heterocycles. The minimum absolute atomic E-state index is 0.184. The van der Waals surface area contributed by atoms with Gasteiger partial charge in [0.25, 0.3) is 0 Å². The van der Waals surface area contributed by atoms with Gasteiger partial charge in [-0.3, -0.25) is 14.4 Å². The molecule has 0 radical (unpaired) electrons. The molecule has 1 saturated carbocycles. The molecule has 1 aromatic heterocycles. The van der Waals surface area contributed by atoms with E-state index >= 15 is 0 Å². The highest BCUT2D eigenvalue weighted by Crippen LogP contribution is 2.36. The standard InChI is InChI=1S/C16H27N3O2/c1-3-9-19-13-14(11-17-19)12-18(2)16(10-15(20)21)7-5-4-6-8-16/h11,13H,3-10,12H2,1-2H3,(H,20,21). The average molecular weight is 293 g/mol. The highest BCUT2D eigenvalue weighted by atomic mass is 16.4. The van der Waals surface area contributed by atoms with E-state index in [4.69, 9.17) is 0 Å². The van der Waals surface area contributed by atoms with Crippen LogP contribution in [0.5, 0.6) is 0 Å². The molecule has 21 heavy (non-hydrogen) atoms. The van der Waals surface area contributed by atoms with E-state index in [-0.39, 0.29) is 12.0 Å². The molecule has 1 aliphatic carbocycles. The fourth-order valence-corrected chi connectivity index (χ4v) is 3.47. The molecule has 0 bridgehead atoms. The molecule has 5 heteroatoms. The highest BCUT2D eigenvalue weighted by molar-refractivity contribution is 5.68. The Labute approximate surface area is 126 Å². The number of carbonyl (C=O) groups is 1. The Bertz CT molecular complexity index is 464. The maximum Gasteiger partial charge on any atom is 0.305 e. The maximum absolute atomic E-state index is 11.3. The third-order valence-corrected chi connectivity index (χ3v) is 4.63. The van der Waals surface area contributed by atoms with Crippen LogP contribution in [0.2, 0.25) is 0 Å². The molecule has 0 unspecified atom stereocenters. The van der Waals surface area contributed by atoms with Crippen molar-refractivity contribution in [2.45, 2.75) is 70.5 Å². The SMILES string of the molecule is CCCn1cc(CN(C)C2(CC(=O)O)CCCCC2)cn1. The number of carboxylic acids is 1. The smallest absolute Gasteiger partial charge is 0.305 e. The molecule has 1 aromatic rings. The van der Waals surface area contributed by atoms with Gasteiger partial charge in [0.15, 0.2) is 0 Å². The highest BCUT2D eigenvalue weighted by Gasteiger charge is 2.38. The molecule has 0 spiro atoms. The summed E-state index contributed by atoms with van der Waals surface area (Å²) in [5, 5.41) is 13.6. The molecule has 0 aromatic carbocycles. The van der Waals surface area contributed by atoms with Crippen molar-refractivity contribution in [2.75, 3.05) is 7.05 Å². The Morgan fingerprint density at radius 2 is 2.14 bits per heavy atom. The summed E-state index contributed by atoms with van der Waals surface area (Å²) < 4.78 is 1.97. The van der Waals surface area contributed by atoms with Crippen LogP contribution in [0.1, 0.15) is 57.4 Å². The first-order valence-corrected chi connectivity index (χ1v) is 8.00. The van der Waals surface area contributed by atoms with E-state index in [0.717, 1.165) is 45.2 Å². The lowest BCUT2D eigenvalue weighted by molar-refractivity contribution is -0.141. The van der Waals surface area contributed by atoms with Crippen LogP contribution in [0, 0.1) is 0 Å². The molecule has 0 amide bonds. The minimum Gasteiger partial charge on any atom is -0.481 e. The number of rotatable bonds is 7. The van der Waals surface area contributed by atoms with Crippen LogP contribution in [0.15, 0.2) is 12.4 Å². The molecule has 2 rings (SSSR count). The third kappa shape index (κ3) is 4.06. The largest absolute Gasteiger partial charge is 0.481 e. The Balaban J connectivity index is 2.06. The van der Waals surface area contributed by atoms with Crippen molar-refractivity contribution in [3.63, 3.8) is 0 Å². The van der Waals surface area contributed by atoms with Gasteiger partial charge in [0, 0.05) is 30.4 Å². The van der Waals surface area contributed by atoms with Gasteiger partial charge in [-0.1, -0.05) is 26.2 Å². The number of aromatic nitrogens is 2. The fourth-order valence-electron chi connectivity index (χ4n) is 3.47. The van der Waals surface area contributed by atoms with E-state index in [1.807, 2.05) is 10.9 Å². The van der Waals surface area contributed by atoms with Crippen molar-refractivity contribution < 1.29 is 9.90 Å². The summed E-state index contributed by atoms with van der Waals surface area (Å²) >= 11 is 0. The van der Waals surface area contributed by atoms with Gasteiger partial charge in [-0.05, 0) is 26.3 Å². The number of nitrogens with zero attached hydrogens (tertiary/aromatic N) is 3. The summed E-state index contributed by atoms with van der Waals surface area (Å²) in [6.45, 7) is 3.85. The molecular weight excluding hydrogens is 266 g/mol. The van der Waals surface area contributed by atoms with Gasteiger partial charge < -0.3 is 5.11 Å². The van der Waals surface area contributed by atoms with Crippen molar-refractivity contribution in [3.8, 4) is 0 Å². The van der Waals surface area contributed by atoms with Crippen molar-refractivity contribution in [2.24, 2.45) is 0 Å². The van der Waals surface area contributed by atoms with Crippen molar-refractivity contribution in [1.82, 2.24) is 14.7 Å². The van der Waals surface area contributed by atoms with Crippen LogP contribution in [-0.4, -0.2) is 38.3 Å². The quantitative estimate of drug-likeness (QED) is 0.840. The molecule has 118 valence electrons. The van der Waals surface area contributed by atoms with Crippen LogP contribution in [0.4, 0.5) is 0 Å². The molecule has 0 aliphatic heterocycles. The first-order chi connectivity index (χ1) is 10.1. The number of hydrogen-bond acceptors (Lipinski definition) is 3. The van der Waals surface area contributed by atoms with Gasteiger partial charge >= 0.3 is 5.97 Å². The van der Waals surface area contributed by atoms with Gasteiger partial charge in [-0.25, -0.2) is 0 Å². The lowest BCUT2D eigenvalue weighted by Crippen LogP contribution is -2.48. The molecule has 0 atom stereocenters. The van der Waals surface area contributed by atoms with Gasteiger partial charge in [0.05, 0.1) is 12.6 Å². The number of aliphatic carboxylic acids is 1. The second-order valence-corrected chi connectivity index (χ2v) is 6.32. The van der Waals surface area contributed by atoms with E-state index in [1.54, 1.807) is 0 Å². The number of hydrogen-bond donors (Lipinski definition) is 1. The maximum atomic E-state index is 11.3. The van der Waals surface area contributed by atoms with Crippen LogP contribution in [0.25, 0.3) is 0 Å². The fraction of sp³-hybridized carbons (Fsp3) is 0.750. The summed E-state index contributed by atoms with van der Waals surface area (Å²) in [7, 11) is 2.06. The summed E-state index contributed by atoms with van der Waals surface area (Å²) in [6, 6.07) is 0. The topological polar surface area (TPSA) is 58.4 Å². The van der Waals surface area contributed by atoms with Gasteiger partial charge in [-0.2, -0.15) is 5.10 Å². The Morgan fingerprint density at radius 1 is 1.43 bits per heavy atom. The predicted molar refractivity (Wildman–Crippen MR) is 82.1 cm³/mol. The van der Waals surface area contributed by atoms with E-state index in [1.165, 1.54) is 12.0 Å². The second kappa shape index (κ2) is 7.07. The Kier molecular flexibility index (Phi) is 5.39. The molecule has 1 fully saturated rings. The Morgan fingerprint density at radius 3 is 2.76 bits per heavy atom. The van der Waals surface area contributed by atoms with Crippen molar-refractivity contribution in [1.29, 1.82) is 0 Å². The minimum atomic E-state index is -0.689. The van der Waals surface area contributed by atoms with E-state index < -0.39 is 5.97 Å². The van der Waals surface area contributed by atoms with Crippen LogP contribution in [-0.2, 0) is 17.9 Å². The zero-order chi connectivity index (χ0) is 15.3. The monoisotopic (exact) mass is 293 g/mol. The predicted octanol–water partition coefficient (Wildman–Crippen LogP) is 2.90. The first-order valence-electron chi connectivity index (χ1n) is 8.00. The molecule has 1 aliphatic rings. The van der Waals surface area contributed by atoms with E-state index in [0.29, 0.717) is 0 Å². The average Bonchev–Trinajstić information content (AvgIpc) is 2.87. The lowest BCUT2D eigenvalue weighted by atomic mass is 9.78. The van der Waals surface area contributed by atoms with Crippen LogP contribution < -0.4 is 0 Å². The molecule has 1 N–H and O–H groups in total.